The molecule has 8 heteroatoms. The molecule has 1 aromatic rings. The van der Waals surface area contributed by atoms with Crippen LogP contribution in [0.4, 0.5) is 0 Å². The van der Waals surface area contributed by atoms with Crippen LogP contribution >= 0.6 is 0 Å². The number of carboxylic acid groups (broad SMARTS) is 1. The molecule has 3 amide bonds. The van der Waals surface area contributed by atoms with Gasteiger partial charge >= 0.3 is 5.97 Å². The van der Waals surface area contributed by atoms with Crippen molar-refractivity contribution in [1.82, 2.24) is 10.4 Å². The van der Waals surface area contributed by atoms with Gasteiger partial charge in [-0.15, -0.1) is 0 Å². The number of benzene rings is 1. The number of aliphatic carboxylic acids is 1. The third kappa shape index (κ3) is 1.96. The smallest absolute Gasteiger partial charge is 0.329 e. The number of amides is 3. The number of carbonyl (C=O) groups is 4. The molecule has 0 aliphatic carbocycles. The Labute approximate surface area is 118 Å². The summed E-state index contributed by atoms with van der Waals surface area (Å²) < 4.78 is 0. The number of hydroxylamine groups is 1. The third-order valence-corrected chi connectivity index (χ3v) is 3.42. The largest absolute Gasteiger partial charge is 0.480 e. The lowest BCUT2D eigenvalue weighted by Crippen LogP contribution is -2.51. The zero-order valence-corrected chi connectivity index (χ0v) is 10.6. The van der Waals surface area contributed by atoms with Gasteiger partial charge < -0.3 is 5.11 Å². The predicted octanol–water partition coefficient (Wildman–Crippen LogP) is -0.444. The third-order valence-electron chi connectivity index (χ3n) is 3.42. The molecule has 1 saturated heterocycles. The second kappa shape index (κ2) is 4.67. The van der Waals surface area contributed by atoms with Crippen molar-refractivity contribution in [2.75, 3.05) is 0 Å². The van der Waals surface area contributed by atoms with Crippen LogP contribution in [0.3, 0.4) is 0 Å². The Bertz CT molecular complexity index is 635. The van der Waals surface area contributed by atoms with Crippen LogP contribution in [0.2, 0.25) is 0 Å². The van der Waals surface area contributed by atoms with Gasteiger partial charge in [0.15, 0.2) is 6.04 Å². The first-order valence-electron chi connectivity index (χ1n) is 6.15. The van der Waals surface area contributed by atoms with E-state index in [9.17, 15) is 24.3 Å². The second-order valence-corrected chi connectivity index (χ2v) is 4.69. The van der Waals surface area contributed by atoms with E-state index >= 15 is 0 Å². The van der Waals surface area contributed by atoms with Crippen molar-refractivity contribution in [3.8, 4) is 0 Å². The van der Waals surface area contributed by atoms with Crippen molar-refractivity contribution in [3.63, 3.8) is 0 Å². The number of nitrogens with one attached hydrogen (secondary N) is 1. The molecule has 0 radical (unpaired) electrons. The average molecular weight is 290 g/mol. The number of carbonyl (C=O) groups excluding carboxylic acids is 3. The summed E-state index contributed by atoms with van der Waals surface area (Å²) in [5, 5.41) is 9.33. The Morgan fingerprint density at radius 1 is 1.24 bits per heavy atom. The first-order chi connectivity index (χ1) is 10.0. The fourth-order valence-electron chi connectivity index (χ4n) is 2.48. The van der Waals surface area contributed by atoms with Gasteiger partial charge in [0.2, 0.25) is 5.91 Å². The van der Waals surface area contributed by atoms with Crippen LogP contribution < -0.4 is 5.48 Å². The van der Waals surface area contributed by atoms with Crippen molar-refractivity contribution in [2.24, 2.45) is 0 Å². The predicted molar refractivity (Wildman–Crippen MR) is 66.0 cm³/mol. The van der Waals surface area contributed by atoms with E-state index in [4.69, 9.17) is 4.84 Å². The van der Waals surface area contributed by atoms with Crippen molar-refractivity contribution >= 4 is 23.7 Å². The van der Waals surface area contributed by atoms with Crippen molar-refractivity contribution in [1.29, 1.82) is 0 Å². The molecule has 2 aliphatic heterocycles. The molecule has 0 spiro atoms. The van der Waals surface area contributed by atoms with Crippen molar-refractivity contribution < 1.29 is 29.1 Å². The van der Waals surface area contributed by atoms with E-state index in [-0.39, 0.29) is 17.5 Å². The zero-order chi connectivity index (χ0) is 15.1. The van der Waals surface area contributed by atoms with Crippen LogP contribution in [0.5, 0.6) is 0 Å². The quantitative estimate of drug-likeness (QED) is 0.729. The maximum absolute atomic E-state index is 12.3. The Morgan fingerprint density at radius 3 is 2.24 bits per heavy atom. The number of hydrogen-bond donors (Lipinski definition) is 2. The number of nitrogens with zero attached hydrogens (tertiary/aromatic N) is 1. The molecule has 2 heterocycles. The van der Waals surface area contributed by atoms with E-state index in [1.165, 1.54) is 12.1 Å². The van der Waals surface area contributed by atoms with Gasteiger partial charge in [-0.3, -0.25) is 24.1 Å². The zero-order valence-electron chi connectivity index (χ0n) is 10.6. The van der Waals surface area contributed by atoms with Crippen LogP contribution in [-0.2, 0) is 14.4 Å². The molecule has 0 bridgehead atoms. The Morgan fingerprint density at radius 2 is 1.81 bits per heavy atom. The highest BCUT2D eigenvalue weighted by molar-refractivity contribution is 6.22. The molecule has 0 aromatic heterocycles. The summed E-state index contributed by atoms with van der Waals surface area (Å²) in [4.78, 5) is 52.7. The van der Waals surface area contributed by atoms with Crippen LogP contribution in [-0.4, -0.2) is 45.8 Å². The van der Waals surface area contributed by atoms with Crippen molar-refractivity contribution in [2.45, 2.75) is 18.6 Å². The number of imide groups is 1. The minimum absolute atomic E-state index is 0.144. The number of carboxylic acids is 1. The van der Waals surface area contributed by atoms with Gasteiger partial charge in [0.05, 0.1) is 17.5 Å². The van der Waals surface area contributed by atoms with E-state index in [1.807, 2.05) is 5.48 Å². The summed E-state index contributed by atoms with van der Waals surface area (Å²) in [5.74, 6) is -3.31. The summed E-state index contributed by atoms with van der Waals surface area (Å²) in [6.07, 6.45) is -1.35. The molecule has 2 aliphatic rings. The molecular weight excluding hydrogens is 280 g/mol. The fourth-order valence-corrected chi connectivity index (χ4v) is 2.48. The molecule has 2 unspecified atom stereocenters. The monoisotopic (exact) mass is 290 g/mol. The summed E-state index contributed by atoms with van der Waals surface area (Å²) in [7, 11) is 0. The topological polar surface area (TPSA) is 113 Å². The van der Waals surface area contributed by atoms with E-state index in [0.29, 0.717) is 4.90 Å². The van der Waals surface area contributed by atoms with E-state index in [0.717, 1.165) is 0 Å². The first-order valence-corrected chi connectivity index (χ1v) is 6.15. The molecule has 8 nitrogen and oxygen atoms in total. The van der Waals surface area contributed by atoms with Gasteiger partial charge in [-0.1, -0.05) is 12.1 Å². The first kappa shape index (κ1) is 13.3. The normalized spacial score (nSPS) is 22.2. The lowest BCUT2D eigenvalue weighted by Gasteiger charge is -2.25. The molecule has 2 N–H and O–H groups in total. The molecule has 108 valence electrons. The van der Waals surface area contributed by atoms with Gasteiger partial charge in [-0.05, 0) is 12.1 Å². The van der Waals surface area contributed by atoms with Crippen LogP contribution in [0.25, 0.3) is 0 Å². The van der Waals surface area contributed by atoms with Gasteiger partial charge in [0, 0.05) is 0 Å². The molecule has 2 atom stereocenters. The number of fused-ring (bicyclic) bond motifs is 1. The lowest BCUT2D eigenvalue weighted by molar-refractivity contribution is -0.147. The second-order valence-electron chi connectivity index (χ2n) is 4.69. The van der Waals surface area contributed by atoms with Gasteiger partial charge in [0.25, 0.3) is 11.8 Å². The average Bonchev–Trinajstić information content (AvgIpc) is 2.97. The maximum atomic E-state index is 12.3. The van der Waals surface area contributed by atoms with Crippen LogP contribution in [0.15, 0.2) is 24.3 Å². The highest BCUT2D eigenvalue weighted by atomic mass is 16.7. The SMILES string of the molecule is O=C1CC(C(C(=O)O)N2C(=O)c3ccccc3C2=O)ON1. The molecule has 0 saturated carbocycles. The Balaban J connectivity index is 1.99. The van der Waals surface area contributed by atoms with E-state index in [1.54, 1.807) is 12.1 Å². The molecule has 1 fully saturated rings. The molecule has 21 heavy (non-hydrogen) atoms. The number of hydrogen-bond acceptors (Lipinski definition) is 5. The van der Waals surface area contributed by atoms with Crippen LogP contribution in [0, 0.1) is 0 Å². The summed E-state index contributed by atoms with van der Waals surface area (Å²) in [6, 6.07) is 4.51. The van der Waals surface area contributed by atoms with Gasteiger partial charge in [0.1, 0.15) is 6.10 Å². The summed E-state index contributed by atoms with van der Waals surface area (Å²) >= 11 is 0. The van der Waals surface area contributed by atoms with Crippen LogP contribution in [0.1, 0.15) is 27.1 Å². The Kier molecular flexibility index (Phi) is 2.95. The minimum atomic E-state index is -1.56. The molecule has 1 aromatic carbocycles. The minimum Gasteiger partial charge on any atom is -0.480 e. The van der Waals surface area contributed by atoms with Crippen molar-refractivity contribution in [3.05, 3.63) is 35.4 Å². The van der Waals surface area contributed by atoms with Gasteiger partial charge in [-0.25, -0.2) is 10.3 Å². The van der Waals surface area contributed by atoms with E-state index in [2.05, 4.69) is 0 Å². The molecular formula is C13H10N2O6. The highest BCUT2D eigenvalue weighted by Gasteiger charge is 2.48. The highest BCUT2D eigenvalue weighted by Crippen LogP contribution is 2.27. The molecule has 3 rings (SSSR count). The van der Waals surface area contributed by atoms with Gasteiger partial charge in [-0.2, -0.15) is 0 Å². The lowest BCUT2D eigenvalue weighted by atomic mass is 10.1. The van der Waals surface area contributed by atoms with E-state index < -0.39 is 35.8 Å². The maximum Gasteiger partial charge on any atom is 0.329 e. The number of rotatable bonds is 3. The summed E-state index contributed by atoms with van der Waals surface area (Å²) in [6.45, 7) is 0. The summed E-state index contributed by atoms with van der Waals surface area (Å²) in [5.41, 5.74) is 2.32. The fraction of sp³-hybridized carbons (Fsp3) is 0.231. The standard InChI is InChI=1S/C13H10N2O6/c16-9-5-8(21-14-9)10(13(19)20)15-11(17)6-3-1-2-4-7(6)12(15)18/h1-4,8,10H,5H2,(H,14,16)(H,19,20). The Hall–Kier alpha value is -2.74.